The maximum atomic E-state index is 11.8. The second-order valence-electron chi connectivity index (χ2n) is 3.20. The van der Waals surface area contributed by atoms with Crippen LogP contribution in [0.1, 0.15) is 19.8 Å². The predicted molar refractivity (Wildman–Crippen MR) is 46.6 cm³/mol. The Labute approximate surface area is 81.1 Å². The average Bonchev–Trinajstić information content (AvgIpc) is 2.10. The molecule has 0 aliphatic heterocycles. The lowest BCUT2D eigenvalue weighted by Crippen LogP contribution is -2.40. The summed E-state index contributed by atoms with van der Waals surface area (Å²) in [6.07, 6.45) is -5.86. The van der Waals surface area contributed by atoms with Crippen LogP contribution in [0.5, 0.6) is 0 Å². The minimum absolute atomic E-state index is 0.226. The van der Waals surface area contributed by atoms with Crippen molar-refractivity contribution in [2.24, 2.45) is 5.73 Å². The fraction of sp³-hybridized carbons (Fsp3) is 0.875. The normalized spacial score (nSPS) is 13.9. The van der Waals surface area contributed by atoms with Crippen LogP contribution in [-0.4, -0.2) is 36.6 Å². The van der Waals surface area contributed by atoms with Gasteiger partial charge in [-0.15, -0.1) is 0 Å². The standard InChI is InChI=1S/C8H15F3N2O/c1-6(5-12)13(2)7(14)3-4-8(9,10)11/h6H,3-5,12H2,1-2H3/t6-/m1/s1. The highest BCUT2D eigenvalue weighted by Gasteiger charge is 2.29. The average molecular weight is 212 g/mol. The second kappa shape index (κ2) is 5.19. The lowest BCUT2D eigenvalue weighted by molar-refractivity contribution is -0.149. The first-order valence-corrected chi connectivity index (χ1v) is 4.30. The zero-order chi connectivity index (χ0) is 11.4. The van der Waals surface area contributed by atoms with Gasteiger partial charge in [-0.3, -0.25) is 4.79 Å². The van der Waals surface area contributed by atoms with Crippen LogP contribution in [0.3, 0.4) is 0 Å². The molecule has 0 aliphatic rings. The molecule has 0 fully saturated rings. The Bertz CT molecular complexity index is 194. The molecule has 0 aliphatic carbocycles. The molecule has 0 aromatic heterocycles. The molecule has 0 radical (unpaired) electrons. The van der Waals surface area contributed by atoms with Gasteiger partial charge in [-0.2, -0.15) is 13.2 Å². The Balaban J connectivity index is 3.97. The Morgan fingerprint density at radius 1 is 1.50 bits per heavy atom. The number of amides is 1. The summed E-state index contributed by atoms with van der Waals surface area (Å²) in [4.78, 5) is 12.4. The molecule has 0 saturated heterocycles. The third-order valence-corrected chi connectivity index (χ3v) is 2.02. The summed E-state index contributed by atoms with van der Waals surface area (Å²) in [6.45, 7) is 1.93. The van der Waals surface area contributed by atoms with E-state index in [4.69, 9.17) is 5.73 Å². The first kappa shape index (κ1) is 13.2. The monoisotopic (exact) mass is 212 g/mol. The van der Waals surface area contributed by atoms with Gasteiger partial charge in [0.1, 0.15) is 0 Å². The lowest BCUT2D eigenvalue weighted by Gasteiger charge is -2.23. The first-order valence-electron chi connectivity index (χ1n) is 4.30. The van der Waals surface area contributed by atoms with Crippen molar-refractivity contribution in [1.29, 1.82) is 0 Å². The summed E-state index contributed by atoms with van der Waals surface area (Å²) in [7, 11) is 1.45. The molecule has 6 heteroatoms. The van der Waals surface area contributed by atoms with Crippen molar-refractivity contribution >= 4 is 5.91 Å². The van der Waals surface area contributed by atoms with Crippen molar-refractivity contribution < 1.29 is 18.0 Å². The van der Waals surface area contributed by atoms with Crippen molar-refractivity contribution in [2.45, 2.75) is 32.0 Å². The molecule has 3 nitrogen and oxygen atoms in total. The molecule has 0 spiro atoms. The van der Waals surface area contributed by atoms with Crippen molar-refractivity contribution in [1.82, 2.24) is 4.90 Å². The zero-order valence-corrected chi connectivity index (χ0v) is 8.27. The van der Waals surface area contributed by atoms with Crippen LogP contribution in [0.2, 0.25) is 0 Å². The Morgan fingerprint density at radius 2 is 2.00 bits per heavy atom. The SMILES string of the molecule is C[C@H](CN)N(C)C(=O)CCC(F)(F)F. The van der Waals surface area contributed by atoms with Crippen LogP contribution < -0.4 is 5.73 Å². The van der Waals surface area contributed by atoms with Crippen molar-refractivity contribution in [3.05, 3.63) is 0 Å². The van der Waals surface area contributed by atoms with E-state index in [9.17, 15) is 18.0 Å². The van der Waals surface area contributed by atoms with Gasteiger partial charge >= 0.3 is 6.18 Å². The molecule has 2 N–H and O–H groups in total. The molecule has 0 heterocycles. The van der Waals surface area contributed by atoms with Gasteiger partial charge in [-0.05, 0) is 6.92 Å². The van der Waals surface area contributed by atoms with E-state index in [0.29, 0.717) is 0 Å². The zero-order valence-electron chi connectivity index (χ0n) is 8.27. The number of nitrogens with zero attached hydrogens (tertiary/aromatic N) is 1. The number of rotatable bonds is 4. The van der Waals surface area contributed by atoms with Crippen LogP contribution in [-0.2, 0) is 4.79 Å². The molecule has 14 heavy (non-hydrogen) atoms. The topological polar surface area (TPSA) is 46.3 Å². The largest absolute Gasteiger partial charge is 0.389 e. The van der Waals surface area contributed by atoms with Crippen LogP contribution >= 0.6 is 0 Å². The highest BCUT2D eigenvalue weighted by molar-refractivity contribution is 5.76. The molecule has 0 aromatic rings. The number of carbonyl (C=O) groups is 1. The number of likely N-dealkylation sites (N-methyl/N-ethyl adjacent to an activating group) is 1. The molecule has 0 rings (SSSR count). The molecule has 0 aromatic carbocycles. The van der Waals surface area contributed by atoms with E-state index in [-0.39, 0.29) is 12.6 Å². The first-order chi connectivity index (χ1) is 6.28. The Hall–Kier alpha value is -0.780. The highest BCUT2D eigenvalue weighted by atomic mass is 19.4. The molecule has 1 atom stereocenters. The Kier molecular flexibility index (Phi) is 4.90. The molecule has 0 bridgehead atoms. The van der Waals surface area contributed by atoms with Crippen molar-refractivity contribution in [3.8, 4) is 0 Å². The summed E-state index contributed by atoms with van der Waals surface area (Å²) in [5.74, 6) is -0.528. The molecular formula is C8H15F3N2O. The fourth-order valence-electron chi connectivity index (χ4n) is 0.829. The van der Waals surface area contributed by atoms with Gasteiger partial charge in [0.15, 0.2) is 0 Å². The number of hydrogen-bond donors (Lipinski definition) is 1. The van der Waals surface area contributed by atoms with Crippen molar-refractivity contribution in [2.75, 3.05) is 13.6 Å². The van der Waals surface area contributed by atoms with E-state index in [1.54, 1.807) is 6.92 Å². The van der Waals surface area contributed by atoms with Crippen LogP contribution in [0.4, 0.5) is 13.2 Å². The van der Waals surface area contributed by atoms with E-state index in [1.807, 2.05) is 0 Å². The highest BCUT2D eigenvalue weighted by Crippen LogP contribution is 2.21. The van der Waals surface area contributed by atoms with Crippen LogP contribution in [0.25, 0.3) is 0 Å². The van der Waals surface area contributed by atoms with E-state index in [1.165, 1.54) is 11.9 Å². The van der Waals surface area contributed by atoms with Gasteiger partial charge in [0, 0.05) is 26.1 Å². The lowest BCUT2D eigenvalue weighted by atomic mass is 10.2. The minimum atomic E-state index is -4.28. The predicted octanol–water partition coefficient (Wildman–Crippen LogP) is 1.13. The molecule has 84 valence electrons. The number of nitrogens with two attached hydrogens (primary N) is 1. The summed E-state index contributed by atoms with van der Waals surface area (Å²) >= 11 is 0. The second-order valence-corrected chi connectivity index (χ2v) is 3.20. The third-order valence-electron chi connectivity index (χ3n) is 2.02. The Morgan fingerprint density at radius 3 is 2.36 bits per heavy atom. The van der Waals surface area contributed by atoms with E-state index < -0.39 is 24.9 Å². The van der Waals surface area contributed by atoms with E-state index >= 15 is 0 Å². The fourth-order valence-corrected chi connectivity index (χ4v) is 0.829. The molecule has 0 saturated carbocycles. The number of alkyl halides is 3. The van der Waals surface area contributed by atoms with Gasteiger partial charge in [0.2, 0.25) is 5.91 Å². The molecule has 1 amide bonds. The number of halogens is 3. The molecular weight excluding hydrogens is 197 g/mol. The molecule has 0 unspecified atom stereocenters. The number of hydrogen-bond acceptors (Lipinski definition) is 2. The van der Waals surface area contributed by atoms with E-state index in [2.05, 4.69) is 0 Å². The summed E-state index contributed by atoms with van der Waals surface area (Å²) < 4.78 is 35.3. The van der Waals surface area contributed by atoms with Gasteiger partial charge in [-0.1, -0.05) is 0 Å². The summed E-state index contributed by atoms with van der Waals surface area (Å²) in [6, 6.07) is -0.226. The maximum absolute atomic E-state index is 11.8. The van der Waals surface area contributed by atoms with Gasteiger partial charge in [-0.25, -0.2) is 0 Å². The quantitative estimate of drug-likeness (QED) is 0.759. The summed E-state index contributed by atoms with van der Waals surface area (Å²) in [5, 5.41) is 0. The van der Waals surface area contributed by atoms with Crippen LogP contribution in [0.15, 0.2) is 0 Å². The van der Waals surface area contributed by atoms with Gasteiger partial charge in [0.05, 0.1) is 6.42 Å². The maximum Gasteiger partial charge on any atom is 0.389 e. The van der Waals surface area contributed by atoms with Gasteiger partial charge in [0.25, 0.3) is 0 Å². The summed E-state index contributed by atoms with van der Waals surface area (Å²) in [5.41, 5.74) is 5.28. The smallest absolute Gasteiger partial charge is 0.342 e. The number of carbonyl (C=O) groups excluding carboxylic acids is 1. The van der Waals surface area contributed by atoms with Crippen molar-refractivity contribution in [3.63, 3.8) is 0 Å². The van der Waals surface area contributed by atoms with E-state index in [0.717, 1.165) is 0 Å². The van der Waals surface area contributed by atoms with Crippen LogP contribution in [0, 0.1) is 0 Å². The minimum Gasteiger partial charge on any atom is -0.342 e. The third kappa shape index (κ3) is 5.06. The van der Waals surface area contributed by atoms with Gasteiger partial charge < -0.3 is 10.6 Å².